The number of aromatic nitrogens is 2. The number of rotatable bonds is 5. The zero-order valence-corrected chi connectivity index (χ0v) is 17.9. The minimum atomic E-state index is -0.248. The van der Waals surface area contributed by atoms with Gasteiger partial charge in [0.2, 0.25) is 0 Å². The molecule has 6 nitrogen and oxygen atoms in total. The molecule has 1 saturated heterocycles. The molecule has 1 aliphatic heterocycles. The van der Waals surface area contributed by atoms with Crippen LogP contribution < -0.4 is 15.1 Å². The highest BCUT2D eigenvalue weighted by molar-refractivity contribution is 6.08. The van der Waals surface area contributed by atoms with Crippen LogP contribution in [0.2, 0.25) is 0 Å². The van der Waals surface area contributed by atoms with E-state index in [0.717, 1.165) is 42.2 Å². The van der Waals surface area contributed by atoms with Crippen molar-refractivity contribution >= 4 is 45.3 Å². The topological polar surface area (TPSA) is 64.3 Å². The summed E-state index contributed by atoms with van der Waals surface area (Å²) >= 11 is 0. The number of fused-ring (bicyclic) bond motifs is 3. The fourth-order valence-corrected chi connectivity index (χ4v) is 4.52. The van der Waals surface area contributed by atoms with E-state index in [9.17, 15) is 4.79 Å². The molecule has 2 aromatic carbocycles. The Labute approximate surface area is 181 Å². The summed E-state index contributed by atoms with van der Waals surface area (Å²) in [6.45, 7) is 6.37. The molecule has 1 atom stereocenters. The minimum absolute atomic E-state index is 0.248. The molecule has 0 radical (unpaired) electrons. The van der Waals surface area contributed by atoms with Crippen LogP contribution in [0.4, 0.5) is 17.3 Å². The molecular weight excluding hydrogens is 386 g/mol. The Balaban J connectivity index is 1.44. The number of pyridine rings is 1. The van der Waals surface area contributed by atoms with Gasteiger partial charge in [-0.25, -0.2) is 4.98 Å². The predicted molar refractivity (Wildman–Crippen MR) is 128 cm³/mol. The predicted octanol–water partition coefficient (Wildman–Crippen LogP) is 4.43. The number of carbonyl (C=O) groups excluding carboxylic acids is 1. The number of hydrogen-bond acceptors (Lipinski definition) is 5. The molecule has 1 unspecified atom stereocenters. The normalized spacial score (nSPS) is 16.9. The van der Waals surface area contributed by atoms with Crippen LogP contribution in [0, 0.1) is 0 Å². The van der Waals surface area contributed by atoms with E-state index < -0.39 is 0 Å². The van der Waals surface area contributed by atoms with Crippen molar-refractivity contribution in [3.05, 3.63) is 60.8 Å². The Morgan fingerprint density at radius 2 is 1.97 bits per heavy atom. The Morgan fingerprint density at radius 3 is 2.81 bits per heavy atom. The van der Waals surface area contributed by atoms with Gasteiger partial charge in [0.25, 0.3) is 0 Å². The molecule has 1 fully saturated rings. The number of H-pyrrole nitrogens is 1. The number of piperazine rings is 1. The van der Waals surface area contributed by atoms with Gasteiger partial charge in [0, 0.05) is 42.8 Å². The summed E-state index contributed by atoms with van der Waals surface area (Å²) in [6, 6.07) is 18.9. The highest BCUT2D eigenvalue weighted by Crippen LogP contribution is 2.32. The third-order valence-corrected chi connectivity index (χ3v) is 5.93. The van der Waals surface area contributed by atoms with Crippen molar-refractivity contribution in [2.45, 2.75) is 25.9 Å². The van der Waals surface area contributed by atoms with E-state index in [2.05, 4.69) is 81.4 Å². The maximum Gasteiger partial charge on any atom is 0.152 e. The van der Waals surface area contributed by atoms with Gasteiger partial charge in [0.05, 0.1) is 5.69 Å². The van der Waals surface area contributed by atoms with Crippen molar-refractivity contribution in [1.29, 1.82) is 0 Å². The molecule has 0 aliphatic carbocycles. The molecule has 6 heteroatoms. The summed E-state index contributed by atoms with van der Waals surface area (Å²) in [4.78, 5) is 24.6. The smallest absolute Gasteiger partial charge is 0.152 e. The molecule has 0 bridgehead atoms. The summed E-state index contributed by atoms with van der Waals surface area (Å²) in [7, 11) is 0. The van der Waals surface area contributed by atoms with Crippen LogP contribution in [0.1, 0.15) is 13.8 Å². The minimum Gasteiger partial charge on any atom is -0.380 e. The third kappa shape index (κ3) is 3.58. The Hall–Kier alpha value is -3.54. The summed E-state index contributed by atoms with van der Waals surface area (Å²) in [5.74, 6) is 1.90. The summed E-state index contributed by atoms with van der Waals surface area (Å²) in [5, 5.41) is 7.10. The Bertz CT molecular complexity index is 1230. The van der Waals surface area contributed by atoms with Crippen LogP contribution in [-0.4, -0.2) is 48.0 Å². The molecule has 158 valence electrons. The number of aromatic amines is 1. The molecule has 31 heavy (non-hydrogen) atoms. The molecule has 1 aliphatic rings. The molecule has 0 spiro atoms. The fraction of sp³-hybridized carbons (Fsp3) is 0.280. The molecule has 3 heterocycles. The first-order valence-corrected chi connectivity index (χ1v) is 10.8. The van der Waals surface area contributed by atoms with Crippen LogP contribution in [0.5, 0.6) is 0 Å². The van der Waals surface area contributed by atoms with E-state index in [1.54, 1.807) is 0 Å². The molecular formula is C25H27N5O. The van der Waals surface area contributed by atoms with Gasteiger partial charge in [-0.15, -0.1) is 0 Å². The highest BCUT2D eigenvalue weighted by Gasteiger charge is 2.29. The van der Waals surface area contributed by atoms with Crippen LogP contribution in [0.15, 0.2) is 60.8 Å². The van der Waals surface area contributed by atoms with Crippen LogP contribution in [0.25, 0.3) is 21.7 Å². The van der Waals surface area contributed by atoms with Gasteiger partial charge < -0.3 is 24.9 Å². The fourth-order valence-electron chi connectivity index (χ4n) is 4.52. The van der Waals surface area contributed by atoms with Crippen LogP contribution >= 0.6 is 0 Å². The number of anilines is 3. The summed E-state index contributed by atoms with van der Waals surface area (Å²) < 4.78 is 0. The molecule has 2 aromatic heterocycles. The van der Waals surface area contributed by atoms with Crippen molar-refractivity contribution in [2.24, 2.45) is 0 Å². The maximum atomic E-state index is 12.1. The molecule has 4 aromatic rings. The monoisotopic (exact) mass is 413 g/mol. The number of nitrogens with zero attached hydrogens (tertiary/aromatic N) is 3. The van der Waals surface area contributed by atoms with Crippen LogP contribution in [-0.2, 0) is 4.79 Å². The Morgan fingerprint density at radius 1 is 1.10 bits per heavy atom. The first-order valence-electron chi connectivity index (χ1n) is 10.8. The first-order chi connectivity index (χ1) is 15.1. The second-order valence-corrected chi connectivity index (χ2v) is 8.42. The highest BCUT2D eigenvalue weighted by atomic mass is 16.1. The Kier molecular flexibility index (Phi) is 4.98. The second-order valence-electron chi connectivity index (χ2n) is 8.42. The molecule has 5 rings (SSSR count). The summed E-state index contributed by atoms with van der Waals surface area (Å²) in [5.41, 5.74) is 2.10. The zero-order valence-electron chi connectivity index (χ0n) is 17.9. The second kappa shape index (κ2) is 7.95. The average Bonchev–Trinajstić information content (AvgIpc) is 3.23. The number of benzene rings is 2. The van der Waals surface area contributed by atoms with Gasteiger partial charge in [-0.05, 0) is 48.9 Å². The first kappa shape index (κ1) is 19.4. The van der Waals surface area contributed by atoms with Crippen molar-refractivity contribution in [1.82, 2.24) is 9.97 Å². The maximum absolute atomic E-state index is 12.1. The van der Waals surface area contributed by atoms with Gasteiger partial charge >= 0.3 is 0 Å². The van der Waals surface area contributed by atoms with E-state index in [1.807, 2.05) is 18.3 Å². The van der Waals surface area contributed by atoms with E-state index in [4.69, 9.17) is 0 Å². The van der Waals surface area contributed by atoms with Crippen LogP contribution in [0.3, 0.4) is 0 Å². The lowest BCUT2D eigenvalue weighted by atomic mass is 10.1. The van der Waals surface area contributed by atoms with Gasteiger partial charge in [0.15, 0.2) is 5.82 Å². The third-order valence-electron chi connectivity index (χ3n) is 5.93. The number of nitrogens with one attached hydrogen (secondary N) is 2. The van der Waals surface area contributed by atoms with Crippen molar-refractivity contribution in [3.63, 3.8) is 0 Å². The molecule has 0 saturated carbocycles. The van der Waals surface area contributed by atoms with Gasteiger partial charge in [-0.1, -0.05) is 30.3 Å². The largest absolute Gasteiger partial charge is 0.380 e. The van der Waals surface area contributed by atoms with Gasteiger partial charge in [-0.2, -0.15) is 0 Å². The lowest BCUT2D eigenvalue weighted by Crippen LogP contribution is -2.54. The summed E-state index contributed by atoms with van der Waals surface area (Å²) in [6.07, 6.45) is 2.86. The molecule has 2 N–H and O–H groups in total. The van der Waals surface area contributed by atoms with E-state index in [1.165, 1.54) is 16.2 Å². The SMILES string of the molecule is CC(C)Nc1cccnc1N1CCN(c2cc3c(ccc4ccccc43)[nH]2)C(C=O)C1. The van der Waals surface area contributed by atoms with E-state index >= 15 is 0 Å². The zero-order chi connectivity index (χ0) is 21.4. The number of carbonyl (C=O) groups is 1. The van der Waals surface area contributed by atoms with Gasteiger partial charge in [-0.3, -0.25) is 0 Å². The number of aldehydes is 1. The number of hydrogen-bond donors (Lipinski definition) is 2. The van der Waals surface area contributed by atoms with E-state index in [0.29, 0.717) is 12.6 Å². The molecule has 0 amide bonds. The van der Waals surface area contributed by atoms with Gasteiger partial charge in [0.1, 0.15) is 18.1 Å². The van der Waals surface area contributed by atoms with Crippen molar-refractivity contribution < 1.29 is 4.79 Å². The van der Waals surface area contributed by atoms with E-state index in [-0.39, 0.29) is 6.04 Å². The average molecular weight is 414 g/mol. The van der Waals surface area contributed by atoms with Crippen molar-refractivity contribution in [2.75, 3.05) is 34.8 Å². The standard InChI is InChI=1S/C25H27N5O/c1-17(2)27-23-8-5-11-26-25(23)29-12-13-30(19(15-29)16-31)24-14-21-20-7-4-3-6-18(20)9-10-22(21)28-24/h3-11,14,16-17,19,27-28H,12-13,15H2,1-2H3. The lowest BCUT2D eigenvalue weighted by Gasteiger charge is -2.40. The quantitative estimate of drug-likeness (QED) is 0.474. The van der Waals surface area contributed by atoms with Crippen molar-refractivity contribution in [3.8, 4) is 0 Å². The lowest BCUT2D eigenvalue weighted by molar-refractivity contribution is -0.109.